The fraction of sp³-hybridized carbons (Fsp3) is 0.273. The number of hydrogen-bond donors (Lipinski definition) is 1. The summed E-state index contributed by atoms with van der Waals surface area (Å²) in [5.41, 5.74) is -0.0572. The molecule has 1 fully saturated rings. The number of carbonyl (C=O) groups is 2. The smallest absolute Gasteiger partial charge is 0.415 e. The van der Waals surface area contributed by atoms with E-state index < -0.39 is 23.4 Å². The number of fused-ring (bicyclic) bond motifs is 2. The number of ether oxygens (including phenoxy) is 1. The first kappa shape index (κ1) is 10.7. The quantitative estimate of drug-likeness (QED) is 0.797. The highest BCUT2D eigenvalue weighted by Crippen LogP contribution is 2.44. The van der Waals surface area contributed by atoms with Crippen LogP contribution in [0, 0.1) is 5.82 Å². The molecule has 1 saturated heterocycles. The molecule has 3 rings (SSSR count). The monoisotopic (exact) mass is 299 g/mol. The van der Waals surface area contributed by atoms with Crippen molar-refractivity contribution in [2.75, 3.05) is 0 Å². The molecule has 0 aromatic heterocycles. The minimum atomic E-state index is -1.33. The molecule has 1 N–H and O–H groups in total. The largest absolute Gasteiger partial charge is 0.427 e. The number of imide groups is 1. The third-order valence-corrected chi connectivity index (χ3v) is 3.78. The van der Waals surface area contributed by atoms with Crippen molar-refractivity contribution in [3.8, 4) is 0 Å². The maximum atomic E-state index is 13.5. The van der Waals surface area contributed by atoms with Gasteiger partial charge in [0.1, 0.15) is 5.82 Å². The molecule has 1 aromatic carbocycles. The molecular formula is C11H7BrFNO3. The number of hydrogen-bond acceptors (Lipinski definition) is 3. The first-order valence-electron chi connectivity index (χ1n) is 5.06. The molecule has 88 valence electrons. The van der Waals surface area contributed by atoms with E-state index in [4.69, 9.17) is 4.74 Å². The fourth-order valence-electron chi connectivity index (χ4n) is 2.38. The summed E-state index contributed by atoms with van der Waals surface area (Å²) >= 11 is 3.09. The highest BCUT2D eigenvalue weighted by molar-refractivity contribution is 9.10. The van der Waals surface area contributed by atoms with Crippen LogP contribution in [0.2, 0.25) is 0 Å². The van der Waals surface area contributed by atoms with Crippen LogP contribution in [0.1, 0.15) is 17.5 Å². The Bertz CT molecular complexity index is 560. The van der Waals surface area contributed by atoms with Gasteiger partial charge in [-0.25, -0.2) is 9.18 Å². The Morgan fingerprint density at radius 1 is 1.41 bits per heavy atom. The third-order valence-electron chi connectivity index (χ3n) is 3.18. The van der Waals surface area contributed by atoms with Gasteiger partial charge in [-0.2, -0.15) is 0 Å². The molecule has 2 amide bonds. The second-order valence-electron chi connectivity index (χ2n) is 4.09. The number of carbonyl (C=O) groups excluding carboxylic acids is 2. The normalized spacial score (nSPS) is 26.0. The van der Waals surface area contributed by atoms with Crippen molar-refractivity contribution >= 4 is 27.9 Å². The first-order chi connectivity index (χ1) is 8.03. The van der Waals surface area contributed by atoms with E-state index in [1.165, 1.54) is 6.07 Å². The summed E-state index contributed by atoms with van der Waals surface area (Å²) in [6, 6.07) is 2.88. The molecule has 1 unspecified atom stereocenters. The summed E-state index contributed by atoms with van der Waals surface area (Å²) in [5.74, 6) is -0.983. The van der Waals surface area contributed by atoms with Crippen LogP contribution >= 0.6 is 15.9 Å². The summed E-state index contributed by atoms with van der Waals surface area (Å²) in [4.78, 5) is 22.9. The van der Waals surface area contributed by atoms with Gasteiger partial charge in [0, 0.05) is 12.0 Å². The third kappa shape index (κ3) is 1.33. The molecule has 1 atom stereocenters. The van der Waals surface area contributed by atoms with Gasteiger partial charge in [-0.1, -0.05) is 0 Å². The van der Waals surface area contributed by atoms with Crippen molar-refractivity contribution in [1.82, 2.24) is 5.32 Å². The summed E-state index contributed by atoms with van der Waals surface area (Å²) in [6.07, 6.45) is 0.163. The first-order valence-corrected chi connectivity index (χ1v) is 5.85. The van der Waals surface area contributed by atoms with Crippen molar-refractivity contribution in [1.29, 1.82) is 0 Å². The summed E-state index contributed by atoms with van der Waals surface area (Å²) in [6.45, 7) is 0. The van der Waals surface area contributed by atoms with Gasteiger partial charge in [-0.15, -0.1) is 0 Å². The van der Waals surface area contributed by atoms with Crippen LogP contribution in [0.25, 0.3) is 0 Å². The molecule has 1 aliphatic carbocycles. The molecule has 0 bridgehead atoms. The Hall–Kier alpha value is -1.43. The van der Waals surface area contributed by atoms with Gasteiger partial charge in [0.25, 0.3) is 5.91 Å². The van der Waals surface area contributed by atoms with Crippen LogP contribution < -0.4 is 5.32 Å². The van der Waals surface area contributed by atoms with Crippen LogP contribution in [0.5, 0.6) is 0 Å². The van der Waals surface area contributed by atoms with Gasteiger partial charge < -0.3 is 4.74 Å². The number of aryl methyl sites for hydroxylation is 1. The Kier molecular flexibility index (Phi) is 2.07. The van der Waals surface area contributed by atoms with Crippen LogP contribution in [0.4, 0.5) is 9.18 Å². The Balaban J connectivity index is 2.19. The number of amides is 2. The van der Waals surface area contributed by atoms with Gasteiger partial charge in [0.05, 0.1) is 4.47 Å². The van der Waals surface area contributed by atoms with E-state index in [0.717, 1.165) is 5.56 Å². The maximum Gasteiger partial charge on any atom is 0.415 e. The van der Waals surface area contributed by atoms with E-state index in [2.05, 4.69) is 21.2 Å². The second kappa shape index (κ2) is 3.29. The number of nitrogens with one attached hydrogen (secondary N) is 1. The van der Waals surface area contributed by atoms with E-state index in [9.17, 15) is 14.0 Å². The van der Waals surface area contributed by atoms with Crippen LogP contribution in [0.3, 0.4) is 0 Å². The van der Waals surface area contributed by atoms with Crippen LogP contribution in [0.15, 0.2) is 16.6 Å². The average Bonchev–Trinajstić information content (AvgIpc) is 2.73. The molecule has 2 aliphatic rings. The van der Waals surface area contributed by atoms with Gasteiger partial charge in [-0.05, 0) is 40.0 Å². The minimum Gasteiger partial charge on any atom is -0.427 e. The highest BCUT2D eigenvalue weighted by atomic mass is 79.9. The predicted octanol–water partition coefficient (Wildman–Crippen LogP) is 2.00. The molecule has 0 radical (unpaired) electrons. The lowest BCUT2D eigenvalue weighted by molar-refractivity contribution is -0.131. The van der Waals surface area contributed by atoms with E-state index in [1.807, 2.05) is 0 Å². The Labute approximate surface area is 104 Å². The number of benzene rings is 1. The second-order valence-corrected chi connectivity index (χ2v) is 4.95. The molecule has 17 heavy (non-hydrogen) atoms. The topological polar surface area (TPSA) is 55.4 Å². The molecular weight excluding hydrogens is 293 g/mol. The lowest BCUT2D eigenvalue weighted by Gasteiger charge is -2.19. The van der Waals surface area contributed by atoms with E-state index in [0.29, 0.717) is 22.9 Å². The molecule has 1 spiro atoms. The van der Waals surface area contributed by atoms with Crippen LogP contribution in [-0.4, -0.2) is 12.0 Å². The van der Waals surface area contributed by atoms with Gasteiger partial charge >= 0.3 is 6.09 Å². The van der Waals surface area contributed by atoms with E-state index in [1.54, 1.807) is 6.07 Å². The molecule has 0 saturated carbocycles. The molecule has 6 heteroatoms. The van der Waals surface area contributed by atoms with E-state index >= 15 is 0 Å². The van der Waals surface area contributed by atoms with Gasteiger partial charge in [0.15, 0.2) is 0 Å². The lowest BCUT2D eigenvalue weighted by atomic mass is 9.95. The minimum absolute atomic E-state index is 0.345. The van der Waals surface area contributed by atoms with E-state index in [-0.39, 0.29) is 0 Å². The standard InChI is InChI=1S/C11H7BrFNO3/c12-7-3-5-1-2-11(6(5)4-8(7)13)9(15)14-10(16)17-11/h3-4H,1-2H2,(H,14,15,16). The van der Waals surface area contributed by atoms with Crippen molar-refractivity contribution in [2.45, 2.75) is 18.4 Å². The number of rotatable bonds is 0. The number of alkyl carbamates (subject to hydrolysis) is 1. The van der Waals surface area contributed by atoms with Gasteiger partial charge in [-0.3, -0.25) is 10.1 Å². The zero-order valence-corrected chi connectivity index (χ0v) is 10.1. The van der Waals surface area contributed by atoms with Crippen molar-refractivity contribution in [2.24, 2.45) is 0 Å². The zero-order chi connectivity index (χ0) is 12.2. The molecule has 1 heterocycles. The SMILES string of the molecule is O=C1NC(=O)C2(CCc3cc(Br)c(F)cc32)O1. The predicted molar refractivity (Wildman–Crippen MR) is 58.7 cm³/mol. The lowest BCUT2D eigenvalue weighted by Crippen LogP contribution is -2.34. The maximum absolute atomic E-state index is 13.5. The molecule has 1 aromatic rings. The summed E-state index contributed by atoms with van der Waals surface area (Å²) < 4.78 is 18.9. The average molecular weight is 300 g/mol. The summed E-state index contributed by atoms with van der Waals surface area (Å²) in [5, 5.41) is 2.09. The summed E-state index contributed by atoms with van der Waals surface area (Å²) in [7, 11) is 0. The van der Waals surface area contributed by atoms with Crippen LogP contribution in [-0.2, 0) is 21.6 Å². The van der Waals surface area contributed by atoms with Gasteiger partial charge in [0.2, 0.25) is 5.60 Å². The number of halogens is 2. The zero-order valence-electron chi connectivity index (χ0n) is 8.55. The van der Waals surface area contributed by atoms with Crippen molar-refractivity contribution < 1.29 is 18.7 Å². The Morgan fingerprint density at radius 3 is 2.82 bits per heavy atom. The fourth-order valence-corrected chi connectivity index (χ4v) is 2.77. The Morgan fingerprint density at radius 2 is 2.18 bits per heavy atom. The van der Waals surface area contributed by atoms with Crippen molar-refractivity contribution in [3.63, 3.8) is 0 Å². The highest BCUT2D eigenvalue weighted by Gasteiger charge is 2.54. The molecule has 1 aliphatic heterocycles. The van der Waals surface area contributed by atoms with Crippen molar-refractivity contribution in [3.05, 3.63) is 33.5 Å². The molecule has 4 nitrogen and oxygen atoms in total.